The van der Waals surface area contributed by atoms with Crippen LogP contribution in [0.5, 0.6) is 5.75 Å². The van der Waals surface area contributed by atoms with Crippen molar-refractivity contribution in [3.8, 4) is 17.6 Å². The zero-order valence-corrected chi connectivity index (χ0v) is 8.38. The first kappa shape index (κ1) is 12.4. The molecule has 1 aromatic carbocycles. The molecule has 1 atom stereocenters. The molecule has 0 aliphatic heterocycles. The molecular weight excluding hydrogens is 221 g/mol. The van der Waals surface area contributed by atoms with Gasteiger partial charge in [0.1, 0.15) is 11.9 Å². The van der Waals surface area contributed by atoms with E-state index in [1.54, 1.807) is 18.1 Å². The van der Waals surface area contributed by atoms with Crippen molar-refractivity contribution in [3.05, 3.63) is 29.8 Å². The van der Waals surface area contributed by atoms with Gasteiger partial charge in [-0.1, -0.05) is 24.1 Å². The van der Waals surface area contributed by atoms with Crippen LogP contribution in [0.2, 0.25) is 0 Å². The predicted octanol–water partition coefficient (Wildman–Crippen LogP) is 2.29. The molecule has 0 radical (unpaired) electrons. The van der Waals surface area contributed by atoms with Crippen LogP contribution in [0.4, 0.5) is 13.2 Å². The number of hydrogen-bond donors (Lipinski definition) is 1. The van der Waals surface area contributed by atoms with E-state index < -0.39 is 12.3 Å². The van der Waals surface area contributed by atoms with Crippen molar-refractivity contribution in [2.75, 3.05) is 7.11 Å². The summed E-state index contributed by atoms with van der Waals surface area (Å²) in [5, 5.41) is 9.44. The van der Waals surface area contributed by atoms with Gasteiger partial charge in [0.05, 0.1) is 7.11 Å². The second kappa shape index (κ2) is 4.90. The molecule has 0 aliphatic rings. The number of para-hydroxylation sites is 1. The van der Waals surface area contributed by atoms with Crippen LogP contribution in [0.25, 0.3) is 0 Å². The van der Waals surface area contributed by atoms with Crippen LogP contribution in [0.1, 0.15) is 11.7 Å². The third kappa shape index (κ3) is 3.48. The highest BCUT2D eigenvalue weighted by Gasteiger charge is 2.23. The number of rotatable bonds is 2. The maximum atomic E-state index is 11.8. The summed E-state index contributed by atoms with van der Waals surface area (Å²) in [5.74, 6) is 3.03. The van der Waals surface area contributed by atoms with Gasteiger partial charge in [-0.2, -0.15) is 13.2 Å². The molecule has 0 bridgehead atoms. The van der Waals surface area contributed by atoms with E-state index in [9.17, 15) is 18.3 Å². The Balaban J connectivity index is 2.95. The molecule has 0 fully saturated rings. The van der Waals surface area contributed by atoms with Crippen molar-refractivity contribution >= 4 is 0 Å². The molecule has 0 saturated carbocycles. The first-order valence-electron chi connectivity index (χ1n) is 4.34. The van der Waals surface area contributed by atoms with Crippen molar-refractivity contribution in [2.45, 2.75) is 12.3 Å². The minimum absolute atomic E-state index is 0.210. The Labute approximate surface area is 90.7 Å². The van der Waals surface area contributed by atoms with E-state index in [1.807, 2.05) is 0 Å². The number of halogens is 3. The van der Waals surface area contributed by atoms with Gasteiger partial charge >= 0.3 is 6.18 Å². The Bertz CT molecular complexity index is 415. The van der Waals surface area contributed by atoms with E-state index in [-0.39, 0.29) is 5.56 Å². The number of ether oxygens (including phenoxy) is 1. The second-order valence-corrected chi connectivity index (χ2v) is 2.91. The molecule has 2 nitrogen and oxygen atoms in total. The molecule has 0 aromatic heterocycles. The van der Waals surface area contributed by atoms with Gasteiger partial charge in [-0.25, -0.2) is 0 Å². The number of aliphatic hydroxyl groups excluding tert-OH is 1. The average Bonchev–Trinajstić information content (AvgIpc) is 2.25. The fraction of sp³-hybridized carbons (Fsp3) is 0.273. The molecule has 0 spiro atoms. The van der Waals surface area contributed by atoms with Crippen LogP contribution in [0.15, 0.2) is 24.3 Å². The van der Waals surface area contributed by atoms with Gasteiger partial charge < -0.3 is 9.84 Å². The number of aliphatic hydroxyl groups is 1. The van der Waals surface area contributed by atoms with E-state index in [1.165, 1.54) is 19.2 Å². The summed E-state index contributed by atoms with van der Waals surface area (Å²) in [7, 11) is 1.36. The highest BCUT2D eigenvalue weighted by atomic mass is 19.4. The molecule has 1 unspecified atom stereocenters. The predicted molar refractivity (Wildman–Crippen MR) is 51.8 cm³/mol. The number of benzene rings is 1. The SMILES string of the molecule is COc1ccccc1C(O)C#CC(F)(F)F. The lowest BCUT2D eigenvalue weighted by atomic mass is 10.1. The van der Waals surface area contributed by atoms with Crippen molar-refractivity contribution in [2.24, 2.45) is 0 Å². The average molecular weight is 230 g/mol. The van der Waals surface area contributed by atoms with Gasteiger partial charge in [0.15, 0.2) is 0 Å². The Morgan fingerprint density at radius 1 is 1.31 bits per heavy atom. The highest BCUT2D eigenvalue weighted by Crippen LogP contribution is 2.24. The van der Waals surface area contributed by atoms with Crippen LogP contribution in [-0.4, -0.2) is 18.4 Å². The van der Waals surface area contributed by atoms with Crippen LogP contribution in [0, 0.1) is 11.8 Å². The summed E-state index contributed by atoms with van der Waals surface area (Å²) in [6.07, 6.45) is -6.12. The van der Waals surface area contributed by atoms with Gasteiger partial charge in [0.2, 0.25) is 0 Å². The Morgan fingerprint density at radius 3 is 2.50 bits per heavy atom. The molecule has 0 saturated heterocycles. The topological polar surface area (TPSA) is 29.5 Å². The second-order valence-electron chi connectivity index (χ2n) is 2.91. The van der Waals surface area contributed by atoms with Gasteiger partial charge in [0, 0.05) is 11.5 Å². The summed E-state index contributed by atoms with van der Waals surface area (Å²) in [5.41, 5.74) is 0.210. The molecule has 0 heterocycles. The van der Waals surface area contributed by atoms with Gasteiger partial charge in [-0.05, 0) is 6.07 Å². The van der Waals surface area contributed by atoms with E-state index >= 15 is 0 Å². The van der Waals surface area contributed by atoms with Crippen molar-refractivity contribution in [3.63, 3.8) is 0 Å². The van der Waals surface area contributed by atoms with E-state index in [4.69, 9.17) is 4.74 Å². The fourth-order valence-electron chi connectivity index (χ4n) is 1.12. The lowest BCUT2D eigenvalue weighted by Gasteiger charge is -2.09. The third-order valence-electron chi connectivity index (χ3n) is 1.78. The van der Waals surface area contributed by atoms with E-state index in [2.05, 4.69) is 0 Å². The maximum absolute atomic E-state index is 11.8. The lowest BCUT2D eigenvalue weighted by Crippen LogP contribution is -2.04. The summed E-state index contributed by atoms with van der Waals surface area (Å²) < 4.78 is 40.3. The smallest absolute Gasteiger partial charge is 0.457 e. The largest absolute Gasteiger partial charge is 0.496 e. The monoisotopic (exact) mass is 230 g/mol. The van der Waals surface area contributed by atoms with Crippen LogP contribution in [-0.2, 0) is 0 Å². The van der Waals surface area contributed by atoms with Crippen molar-refractivity contribution in [1.29, 1.82) is 0 Å². The Morgan fingerprint density at radius 2 is 1.94 bits per heavy atom. The first-order chi connectivity index (χ1) is 7.44. The maximum Gasteiger partial charge on any atom is 0.457 e. The molecule has 86 valence electrons. The summed E-state index contributed by atoms with van der Waals surface area (Å²) in [6.45, 7) is 0. The molecule has 1 aromatic rings. The normalized spacial score (nSPS) is 12.6. The minimum atomic E-state index is -4.61. The molecule has 5 heteroatoms. The molecule has 1 rings (SSSR count). The van der Waals surface area contributed by atoms with Crippen molar-refractivity contribution < 1.29 is 23.0 Å². The quantitative estimate of drug-likeness (QED) is 0.790. The lowest BCUT2D eigenvalue weighted by molar-refractivity contribution is -0.0700. The first-order valence-corrected chi connectivity index (χ1v) is 4.34. The highest BCUT2D eigenvalue weighted by molar-refractivity contribution is 5.38. The van der Waals surface area contributed by atoms with Crippen LogP contribution < -0.4 is 4.74 Å². The molecule has 0 aliphatic carbocycles. The van der Waals surface area contributed by atoms with E-state index in [0.717, 1.165) is 5.92 Å². The molecular formula is C11H9F3O2. The van der Waals surface area contributed by atoms with Gasteiger partial charge in [-0.15, -0.1) is 0 Å². The molecule has 16 heavy (non-hydrogen) atoms. The van der Waals surface area contributed by atoms with Crippen LogP contribution >= 0.6 is 0 Å². The van der Waals surface area contributed by atoms with E-state index in [0.29, 0.717) is 5.75 Å². The summed E-state index contributed by atoms with van der Waals surface area (Å²) in [6, 6.07) is 6.21. The third-order valence-corrected chi connectivity index (χ3v) is 1.78. The Hall–Kier alpha value is -1.67. The zero-order valence-electron chi connectivity index (χ0n) is 8.38. The van der Waals surface area contributed by atoms with Crippen LogP contribution in [0.3, 0.4) is 0 Å². The minimum Gasteiger partial charge on any atom is -0.496 e. The number of hydrogen-bond acceptors (Lipinski definition) is 2. The fourth-order valence-corrected chi connectivity index (χ4v) is 1.12. The number of alkyl halides is 3. The molecule has 0 amide bonds. The molecule has 1 N–H and O–H groups in total. The zero-order chi connectivity index (χ0) is 12.2. The Kier molecular flexibility index (Phi) is 3.80. The summed E-state index contributed by atoms with van der Waals surface area (Å²) >= 11 is 0. The van der Waals surface area contributed by atoms with Crippen molar-refractivity contribution in [1.82, 2.24) is 0 Å². The van der Waals surface area contributed by atoms with Gasteiger partial charge in [0.25, 0.3) is 0 Å². The standard InChI is InChI=1S/C11H9F3O2/c1-16-10-5-3-2-4-8(10)9(15)6-7-11(12,13)14/h2-5,9,15H,1H3. The summed E-state index contributed by atoms with van der Waals surface area (Å²) in [4.78, 5) is 0. The van der Waals surface area contributed by atoms with Gasteiger partial charge in [-0.3, -0.25) is 0 Å². The number of methoxy groups -OCH3 is 1.